The van der Waals surface area contributed by atoms with Gasteiger partial charge in [0.1, 0.15) is 4.99 Å². The number of hydrogen-bond acceptors (Lipinski definition) is 5. The smallest absolute Gasteiger partial charge is 0.226 e. The Morgan fingerprint density at radius 1 is 1.20 bits per heavy atom. The Morgan fingerprint density at radius 2 is 1.94 bits per heavy atom. The Bertz CT molecular complexity index is 1360. The van der Waals surface area contributed by atoms with Crippen molar-refractivity contribution in [1.82, 2.24) is 8.87 Å². The van der Waals surface area contributed by atoms with Gasteiger partial charge in [0.2, 0.25) is 15.9 Å². The van der Waals surface area contributed by atoms with Gasteiger partial charge in [-0.2, -0.15) is 0 Å². The lowest BCUT2D eigenvalue weighted by Gasteiger charge is -2.31. The zero-order chi connectivity index (χ0) is 25.2. The Hall–Kier alpha value is -2.79. The molecule has 1 saturated heterocycles. The molecule has 10 heteroatoms. The molecule has 1 fully saturated rings. The van der Waals surface area contributed by atoms with Crippen LogP contribution in [0, 0.1) is 0 Å². The first-order chi connectivity index (χ1) is 16.7. The lowest BCUT2D eigenvalue weighted by Crippen LogP contribution is -2.38. The van der Waals surface area contributed by atoms with Crippen LogP contribution in [0.1, 0.15) is 30.9 Å². The molecule has 2 aromatic carbocycles. The van der Waals surface area contributed by atoms with E-state index < -0.39 is 10.0 Å². The highest BCUT2D eigenvalue weighted by Gasteiger charge is 2.27. The maximum absolute atomic E-state index is 12.3. The number of nitrogens with one attached hydrogen (secondary N) is 1. The molecule has 1 amide bonds. The summed E-state index contributed by atoms with van der Waals surface area (Å²) in [5.74, 6) is -0.116. The number of carbonyl (C=O) groups excluding carboxylic acids is 1. The first-order valence-corrected chi connectivity index (χ1v) is 13.7. The summed E-state index contributed by atoms with van der Waals surface area (Å²) in [7, 11) is -1.65. The highest BCUT2D eigenvalue weighted by atomic mass is 32.2. The van der Waals surface area contributed by atoms with Crippen molar-refractivity contribution in [3.63, 3.8) is 0 Å². The highest BCUT2D eigenvalue weighted by Crippen LogP contribution is 2.37. The molecule has 0 saturated carbocycles. The Labute approximate surface area is 211 Å². The van der Waals surface area contributed by atoms with Gasteiger partial charge in [0, 0.05) is 54.6 Å². The van der Waals surface area contributed by atoms with E-state index in [4.69, 9.17) is 22.7 Å². The van der Waals surface area contributed by atoms with Gasteiger partial charge in [-0.15, -0.1) is 0 Å². The summed E-state index contributed by atoms with van der Waals surface area (Å²) in [6.07, 6.45) is 5.04. The molecule has 3 N–H and O–H groups in total. The number of sulfonamides is 1. The maximum Gasteiger partial charge on any atom is 0.226 e. The van der Waals surface area contributed by atoms with Crippen molar-refractivity contribution in [2.75, 3.05) is 38.4 Å². The lowest BCUT2D eigenvalue weighted by molar-refractivity contribution is -0.117. The standard InChI is InChI=1S/C25H30N4O4S2/c1-33-13-10-24(30)27-19-6-7-21-22(17-4-3-5-18(14-17)25(26)34)16-29(23(21)15-19)20-8-11-28(12-9-20)35(2,31)32/h3-7,14-16,20H,8-13H2,1-2H3,(H2,26,34)(H,27,30). The summed E-state index contributed by atoms with van der Waals surface area (Å²) in [5, 5.41) is 3.98. The van der Waals surface area contributed by atoms with Crippen molar-refractivity contribution in [1.29, 1.82) is 0 Å². The number of carbonyl (C=O) groups is 1. The molecule has 35 heavy (non-hydrogen) atoms. The summed E-state index contributed by atoms with van der Waals surface area (Å²) in [6.45, 7) is 1.30. The van der Waals surface area contributed by atoms with Gasteiger partial charge in [-0.1, -0.05) is 36.5 Å². The molecule has 0 aliphatic carbocycles. The van der Waals surface area contributed by atoms with E-state index in [0.29, 0.717) is 43.2 Å². The molecule has 1 aromatic heterocycles. The van der Waals surface area contributed by atoms with Crippen molar-refractivity contribution in [3.8, 4) is 11.1 Å². The number of rotatable bonds is 8. The number of benzene rings is 2. The molecule has 0 spiro atoms. The van der Waals surface area contributed by atoms with E-state index in [9.17, 15) is 13.2 Å². The third-order valence-electron chi connectivity index (χ3n) is 6.40. The molecule has 0 radical (unpaired) electrons. The van der Waals surface area contributed by atoms with Crippen molar-refractivity contribution in [2.24, 2.45) is 5.73 Å². The number of nitrogens with zero attached hydrogens (tertiary/aromatic N) is 2. The molecular formula is C25H30N4O4S2. The second kappa shape index (κ2) is 10.4. The fraction of sp³-hybridized carbons (Fsp3) is 0.360. The fourth-order valence-corrected chi connectivity index (χ4v) is 5.57. The van der Waals surface area contributed by atoms with Crippen LogP contribution in [0.15, 0.2) is 48.7 Å². The number of methoxy groups -OCH3 is 1. The van der Waals surface area contributed by atoms with Crippen LogP contribution < -0.4 is 11.1 Å². The van der Waals surface area contributed by atoms with E-state index in [0.717, 1.165) is 27.6 Å². The second-order valence-corrected chi connectivity index (χ2v) is 11.2. The van der Waals surface area contributed by atoms with Crippen molar-refractivity contribution < 1.29 is 17.9 Å². The zero-order valence-electron chi connectivity index (χ0n) is 19.9. The highest BCUT2D eigenvalue weighted by molar-refractivity contribution is 7.88. The van der Waals surface area contributed by atoms with Crippen molar-refractivity contribution in [2.45, 2.75) is 25.3 Å². The summed E-state index contributed by atoms with van der Waals surface area (Å²) >= 11 is 5.17. The summed E-state index contributed by atoms with van der Waals surface area (Å²) < 4.78 is 32.7. The number of ether oxygens (including phenoxy) is 1. The summed E-state index contributed by atoms with van der Waals surface area (Å²) in [4.78, 5) is 12.6. The largest absolute Gasteiger partial charge is 0.389 e. The van der Waals surface area contributed by atoms with E-state index in [1.165, 1.54) is 10.6 Å². The molecular weight excluding hydrogens is 484 g/mol. The summed E-state index contributed by atoms with van der Waals surface area (Å²) in [6, 6.07) is 13.8. The molecule has 0 bridgehead atoms. The van der Waals surface area contributed by atoms with Crippen LogP contribution >= 0.6 is 12.2 Å². The number of anilines is 1. The quantitative estimate of drug-likeness (QED) is 0.446. The number of fused-ring (bicyclic) bond motifs is 1. The van der Waals surface area contributed by atoms with Crippen LogP contribution in [0.5, 0.6) is 0 Å². The minimum Gasteiger partial charge on any atom is -0.389 e. The number of thiocarbonyl (C=S) groups is 1. The molecule has 4 rings (SSSR count). The van der Waals surface area contributed by atoms with Gasteiger partial charge in [-0.25, -0.2) is 12.7 Å². The van der Waals surface area contributed by atoms with Crippen LogP contribution in [0.2, 0.25) is 0 Å². The Morgan fingerprint density at radius 3 is 2.60 bits per heavy atom. The minimum atomic E-state index is -3.21. The van der Waals surface area contributed by atoms with Gasteiger partial charge < -0.3 is 20.4 Å². The number of nitrogens with two attached hydrogens (primary N) is 1. The average Bonchev–Trinajstić information content (AvgIpc) is 3.21. The van der Waals surface area contributed by atoms with E-state index in [1.54, 1.807) is 7.11 Å². The summed E-state index contributed by atoms with van der Waals surface area (Å²) in [5.41, 5.74) is 10.4. The third kappa shape index (κ3) is 5.72. The van der Waals surface area contributed by atoms with Gasteiger partial charge in [-0.05, 0) is 36.6 Å². The molecule has 0 atom stereocenters. The number of hydrogen-bond donors (Lipinski definition) is 2. The number of amides is 1. The van der Waals surface area contributed by atoms with Gasteiger partial charge in [0.05, 0.1) is 24.8 Å². The van der Waals surface area contributed by atoms with Gasteiger partial charge in [0.25, 0.3) is 0 Å². The van der Waals surface area contributed by atoms with E-state index in [2.05, 4.69) is 16.1 Å². The van der Waals surface area contributed by atoms with Crippen LogP contribution in [0.3, 0.4) is 0 Å². The zero-order valence-corrected chi connectivity index (χ0v) is 21.5. The van der Waals surface area contributed by atoms with Crippen LogP contribution in [-0.2, 0) is 19.6 Å². The Kier molecular flexibility index (Phi) is 7.56. The van der Waals surface area contributed by atoms with Gasteiger partial charge >= 0.3 is 0 Å². The van der Waals surface area contributed by atoms with Gasteiger partial charge in [-0.3, -0.25) is 4.79 Å². The molecule has 1 aliphatic rings. The topological polar surface area (TPSA) is 107 Å². The first kappa shape index (κ1) is 25.3. The molecule has 1 aliphatic heterocycles. The van der Waals surface area contributed by atoms with Gasteiger partial charge in [0.15, 0.2) is 0 Å². The first-order valence-electron chi connectivity index (χ1n) is 11.5. The van der Waals surface area contributed by atoms with Crippen molar-refractivity contribution >= 4 is 49.7 Å². The molecule has 186 valence electrons. The Balaban J connectivity index is 1.75. The fourth-order valence-electron chi connectivity index (χ4n) is 4.57. The van der Waals surface area contributed by atoms with E-state index in [-0.39, 0.29) is 18.4 Å². The molecule has 3 aromatic rings. The SMILES string of the molecule is COCCC(=O)Nc1ccc2c(-c3cccc(C(N)=S)c3)cn(C3CCN(S(C)(=O)=O)CC3)c2c1. The molecule has 0 unspecified atom stereocenters. The number of piperidine rings is 1. The predicted molar refractivity (Wildman–Crippen MR) is 143 cm³/mol. The average molecular weight is 515 g/mol. The van der Waals surface area contributed by atoms with E-state index in [1.807, 2.05) is 42.5 Å². The van der Waals surface area contributed by atoms with E-state index >= 15 is 0 Å². The predicted octanol–water partition coefficient (Wildman–Crippen LogP) is 3.51. The second-order valence-electron chi connectivity index (χ2n) is 8.81. The van der Waals surface area contributed by atoms with Crippen LogP contribution in [-0.4, -0.2) is 61.2 Å². The normalized spacial score (nSPS) is 15.4. The van der Waals surface area contributed by atoms with Crippen LogP contribution in [0.25, 0.3) is 22.0 Å². The monoisotopic (exact) mass is 514 g/mol. The minimum absolute atomic E-state index is 0.116. The van der Waals surface area contributed by atoms with Crippen LogP contribution in [0.4, 0.5) is 5.69 Å². The third-order valence-corrected chi connectivity index (χ3v) is 7.93. The number of aromatic nitrogens is 1. The van der Waals surface area contributed by atoms with Crippen molar-refractivity contribution in [3.05, 3.63) is 54.2 Å². The molecule has 8 nitrogen and oxygen atoms in total. The maximum atomic E-state index is 12.3. The lowest BCUT2D eigenvalue weighted by atomic mass is 10.0. The molecule has 2 heterocycles.